The minimum atomic E-state index is -0.500. The van der Waals surface area contributed by atoms with E-state index in [4.69, 9.17) is 10.5 Å². The number of aryl methyl sites for hydroxylation is 2. The van der Waals surface area contributed by atoms with Crippen LogP contribution in [0.4, 0.5) is 5.69 Å². The summed E-state index contributed by atoms with van der Waals surface area (Å²) in [7, 11) is 0. The second-order valence-electron chi connectivity index (χ2n) is 8.35. The second kappa shape index (κ2) is 11.6. The Bertz CT molecular complexity index is 1340. The molecule has 1 atom stereocenters. The highest BCUT2D eigenvalue weighted by Gasteiger charge is 2.19. The third-order valence-electron chi connectivity index (χ3n) is 5.81. The molecule has 1 unspecified atom stereocenters. The largest absolute Gasteiger partial charge is 0.457 e. The number of fused-ring (bicyclic) bond motifs is 1. The Balaban J connectivity index is 0.00000342. The smallest absolute Gasteiger partial charge is 0.338 e. The molecule has 0 spiro atoms. The first kappa shape index (κ1) is 25.9. The van der Waals surface area contributed by atoms with Gasteiger partial charge in [0.05, 0.1) is 11.5 Å². The number of benzene rings is 3. The van der Waals surface area contributed by atoms with E-state index in [2.05, 4.69) is 10.3 Å². The fourth-order valence-corrected chi connectivity index (χ4v) is 3.90. The Morgan fingerprint density at radius 2 is 1.74 bits per heavy atom. The summed E-state index contributed by atoms with van der Waals surface area (Å²) in [6.45, 7) is 4.20. The molecular weight excluding hydrogens is 462 g/mol. The SMILES string of the molecule is Cc1ccc(C(=O)OCc2ccc(C(CN)C(=O)Nc3ccc4cnccc4c3)cc2)c(C)c1.Cl. The summed E-state index contributed by atoms with van der Waals surface area (Å²) in [6.07, 6.45) is 3.50. The topological polar surface area (TPSA) is 94.3 Å². The van der Waals surface area contributed by atoms with Crippen molar-refractivity contribution in [2.24, 2.45) is 5.73 Å². The molecular formula is C28H28ClN3O3. The van der Waals surface area contributed by atoms with Crippen molar-refractivity contribution in [2.45, 2.75) is 26.4 Å². The molecule has 1 amide bonds. The van der Waals surface area contributed by atoms with Crippen molar-refractivity contribution in [3.05, 3.63) is 107 Å². The van der Waals surface area contributed by atoms with E-state index in [9.17, 15) is 9.59 Å². The van der Waals surface area contributed by atoms with E-state index in [1.165, 1.54) is 0 Å². The van der Waals surface area contributed by atoms with Crippen LogP contribution in [0.15, 0.2) is 79.1 Å². The van der Waals surface area contributed by atoms with Gasteiger partial charge in [-0.1, -0.05) is 48.0 Å². The number of amides is 1. The summed E-state index contributed by atoms with van der Waals surface area (Å²) in [5.41, 5.74) is 10.8. The lowest BCUT2D eigenvalue weighted by molar-refractivity contribution is -0.117. The molecule has 0 saturated heterocycles. The highest BCUT2D eigenvalue weighted by molar-refractivity contribution is 5.98. The van der Waals surface area contributed by atoms with Gasteiger partial charge in [-0.05, 0) is 60.2 Å². The molecule has 1 aromatic heterocycles. The minimum Gasteiger partial charge on any atom is -0.457 e. The summed E-state index contributed by atoms with van der Waals surface area (Å²) in [4.78, 5) is 29.4. The number of ether oxygens (including phenoxy) is 1. The van der Waals surface area contributed by atoms with Crippen molar-refractivity contribution in [1.82, 2.24) is 4.98 Å². The number of nitrogens with zero attached hydrogens (tertiary/aromatic N) is 1. The number of rotatable bonds is 7. The number of anilines is 1. The molecule has 35 heavy (non-hydrogen) atoms. The molecule has 3 aromatic carbocycles. The van der Waals surface area contributed by atoms with Gasteiger partial charge in [0.15, 0.2) is 0 Å². The fourth-order valence-electron chi connectivity index (χ4n) is 3.90. The van der Waals surface area contributed by atoms with Crippen molar-refractivity contribution in [2.75, 3.05) is 11.9 Å². The van der Waals surface area contributed by atoms with Crippen LogP contribution in [0.1, 0.15) is 38.5 Å². The highest BCUT2D eigenvalue weighted by atomic mass is 35.5. The van der Waals surface area contributed by atoms with E-state index in [0.29, 0.717) is 11.3 Å². The quantitative estimate of drug-likeness (QED) is 0.343. The first-order valence-electron chi connectivity index (χ1n) is 11.1. The number of esters is 1. The zero-order valence-corrected chi connectivity index (χ0v) is 20.5. The second-order valence-corrected chi connectivity index (χ2v) is 8.35. The number of nitrogens with two attached hydrogens (primary N) is 1. The number of nitrogens with one attached hydrogen (secondary N) is 1. The molecule has 6 nitrogen and oxygen atoms in total. The van der Waals surface area contributed by atoms with E-state index in [1.807, 2.05) is 74.5 Å². The summed E-state index contributed by atoms with van der Waals surface area (Å²) in [5, 5.41) is 4.96. The number of aromatic nitrogens is 1. The van der Waals surface area contributed by atoms with Gasteiger partial charge in [-0.2, -0.15) is 0 Å². The van der Waals surface area contributed by atoms with Gasteiger partial charge in [0, 0.05) is 30.0 Å². The number of halogens is 1. The molecule has 0 fully saturated rings. The van der Waals surface area contributed by atoms with Crippen LogP contribution in [0.5, 0.6) is 0 Å². The number of carbonyl (C=O) groups excluding carboxylic acids is 2. The summed E-state index contributed by atoms with van der Waals surface area (Å²) >= 11 is 0. The molecule has 0 aliphatic carbocycles. The molecule has 3 N–H and O–H groups in total. The Hall–Kier alpha value is -3.74. The van der Waals surface area contributed by atoms with Gasteiger partial charge < -0.3 is 15.8 Å². The van der Waals surface area contributed by atoms with E-state index < -0.39 is 5.92 Å². The lowest BCUT2D eigenvalue weighted by Crippen LogP contribution is -2.27. The van der Waals surface area contributed by atoms with E-state index in [-0.39, 0.29) is 37.4 Å². The first-order chi connectivity index (χ1) is 16.4. The standard InChI is InChI=1S/C28H27N3O3.ClH/c1-18-3-10-25(19(2)13-18)28(33)34-17-20-4-6-21(7-5-20)26(15-29)27(32)31-24-9-8-23-16-30-12-11-22(23)14-24;/h3-14,16,26H,15,17,29H2,1-2H3,(H,31,32);1H. The number of pyridine rings is 1. The third-order valence-corrected chi connectivity index (χ3v) is 5.81. The zero-order chi connectivity index (χ0) is 24.1. The monoisotopic (exact) mass is 489 g/mol. The van der Waals surface area contributed by atoms with E-state index in [1.54, 1.807) is 18.5 Å². The molecule has 0 aliphatic rings. The lowest BCUT2D eigenvalue weighted by Gasteiger charge is -2.16. The number of carbonyl (C=O) groups is 2. The Labute approximate surface area is 210 Å². The van der Waals surface area contributed by atoms with Crippen molar-refractivity contribution in [3.8, 4) is 0 Å². The molecule has 0 saturated carbocycles. The number of hydrogen-bond donors (Lipinski definition) is 2. The Kier molecular flexibility index (Phi) is 8.58. The van der Waals surface area contributed by atoms with Crippen LogP contribution in [0, 0.1) is 13.8 Å². The van der Waals surface area contributed by atoms with Gasteiger partial charge in [0.1, 0.15) is 6.61 Å². The Morgan fingerprint density at radius 1 is 0.971 bits per heavy atom. The molecule has 0 radical (unpaired) electrons. The predicted molar refractivity (Wildman–Crippen MR) is 141 cm³/mol. The van der Waals surface area contributed by atoms with Gasteiger partial charge in [0.2, 0.25) is 5.91 Å². The van der Waals surface area contributed by atoms with Gasteiger partial charge in [-0.15, -0.1) is 12.4 Å². The maximum Gasteiger partial charge on any atom is 0.338 e. The van der Waals surface area contributed by atoms with Crippen molar-refractivity contribution in [3.63, 3.8) is 0 Å². The van der Waals surface area contributed by atoms with E-state index in [0.717, 1.165) is 33.0 Å². The van der Waals surface area contributed by atoms with Crippen LogP contribution in [0.2, 0.25) is 0 Å². The fraction of sp³-hybridized carbons (Fsp3) is 0.179. The predicted octanol–water partition coefficient (Wildman–Crippen LogP) is 5.31. The summed E-state index contributed by atoms with van der Waals surface area (Å²) < 4.78 is 5.48. The summed E-state index contributed by atoms with van der Waals surface area (Å²) in [5.74, 6) is -1.03. The van der Waals surface area contributed by atoms with E-state index >= 15 is 0 Å². The molecule has 0 bridgehead atoms. The van der Waals surface area contributed by atoms with Crippen LogP contribution in [-0.2, 0) is 16.1 Å². The number of hydrogen-bond acceptors (Lipinski definition) is 5. The lowest BCUT2D eigenvalue weighted by atomic mass is 9.97. The molecule has 4 rings (SSSR count). The molecule has 7 heteroatoms. The maximum atomic E-state index is 12.9. The zero-order valence-electron chi connectivity index (χ0n) is 19.7. The third kappa shape index (κ3) is 6.23. The minimum absolute atomic E-state index is 0. The average molecular weight is 490 g/mol. The first-order valence-corrected chi connectivity index (χ1v) is 11.1. The maximum absolute atomic E-state index is 12.9. The summed E-state index contributed by atoms with van der Waals surface area (Å²) in [6, 6.07) is 20.6. The Morgan fingerprint density at radius 3 is 2.46 bits per heavy atom. The normalized spacial score (nSPS) is 11.4. The van der Waals surface area contributed by atoms with Gasteiger partial charge in [-0.25, -0.2) is 4.79 Å². The molecule has 0 aliphatic heterocycles. The average Bonchev–Trinajstić information content (AvgIpc) is 2.83. The molecule has 180 valence electrons. The van der Waals surface area contributed by atoms with Crippen LogP contribution < -0.4 is 11.1 Å². The highest BCUT2D eigenvalue weighted by Crippen LogP contribution is 2.22. The van der Waals surface area contributed by atoms with Gasteiger partial charge in [0.25, 0.3) is 0 Å². The van der Waals surface area contributed by atoms with Gasteiger partial charge in [-0.3, -0.25) is 9.78 Å². The molecule has 1 heterocycles. The van der Waals surface area contributed by atoms with Crippen LogP contribution in [0.25, 0.3) is 10.8 Å². The molecule has 4 aromatic rings. The van der Waals surface area contributed by atoms with Gasteiger partial charge >= 0.3 is 5.97 Å². The van der Waals surface area contributed by atoms with Crippen molar-refractivity contribution in [1.29, 1.82) is 0 Å². The van der Waals surface area contributed by atoms with Crippen LogP contribution in [-0.4, -0.2) is 23.4 Å². The van der Waals surface area contributed by atoms with Crippen molar-refractivity contribution >= 4 is 40.7 Å². The van der Waals surface area contributed by atoms with Crippen molar-refractivity contribution < 1.29 is 14.3 Å². The van der Waals surface area contributed by atoms with Crippen LogP contribution >= 0.6 is 12.4 Å². The van der Waals surface area contributed by atoms with Crippen LogP contribution in [0.3, 0.4) is 0 Å².